The smallest absolute Gasteiger partial charge is 0.182 e. The molecule has 2 aromatic heterocycles. The molecule has 1 fully saturated rings. The maximum absolute atomic E-state index is 5.44. The van der Waals surface area contributed by atoms with E-state index in [1.807, 2.05) is 31.3 Å². The Labute approximate surface area is 169 Å². The van der Waals surface area contributed by atoms with E-state index in [0.717, 1.165) is 35.9 Å². The first-order valence-corrected chi connectivity index (χ1v) is 10.4. The molecule has 0 N–H and O–H groups in total. The van der Waals surface area contributed by atoms with Gasteiger partial charge in [-0.05, 0) is 56.6 Å². The molecule has 3 rings (SSSR count). The van der Waals surface area contributed by atoms with Crippen LogP contribution in [0.1, 0.15) is 64.7 Å². The molecule has 6 nitrogen and oxygen atoms in total. The Morgan fingerprint density at radius 3 is 2.54 bits per heavy atom. The number of rotatable bonds is 7. The maximum Gasteiger partial charge on any atom is 0.182 e. The Hall–Kier alpha value is -1.95. The Morgan fingerprint density at radius 1 is 1.25 bits per heavy atom. The largest absolute Gasteiger partial charge is 0.382 e. The van der Waals surface area contributed by atoms with Crippen LogP contribution in [-0.2, 0) is 11.2 Å². The summed E-state index contributed by atoms with van der Waals surface area (Å²) in [4.78, 5) is 11.4. The highest BCUT2D eigenvalue weighted by Crippen LogP contribution is 2.40. The summed E-state index contributed by atoms with van der Waals surface area (Å²) >= 11 is 0. The lowest BCUT2D eigenvalue weighted by atomic mass is 9.75. The fraction of sp³-hybridized carbons (Fsp3) is 0.682. The van der Waals surface area contributed by atoms with Gasteiger partial charge in [-0.3, -0.25) is 0 Å². The molecule has 1 unspecified atom stereocenters. The summed E-state index contributed by atoms with van der Waals surface area (Å²) in [6.45, 7) is 6.85. The quantitative estimate of drug-likeness (QED) is 0.702. The molecule has 1 aliphatic carbocycles. The Bertz CT molecular complexity index is 756. The van der Waals surface area contributed by atoms with Gasteiger partial charge in [0.15, 0.2) is 5.82 Å². The monoisotopic (exact) mass is 385 g/mol. The lowest BCUT2D eigenvalue weighted by molar-refractivity contribution is 0.110. The topological polar surface area (TPSA) is 56.1 Å². The van der Waals surface area contributed by atoms with Gasteiger partial charge in [0.1, 0.15) is 11.6 Å². The van der Waals surface area contributed by atoms with E-state index in [0.29, 0.717) is 11.5 Å². The average Bonchev–Trinajstić information content (AvgIpc) is 3.10. The van der Waals surface area contributed by atoms with E-state index in [2.05, 4.69) is 36.5 Å². The van der Waals surface area contributed by atoms with Crippen molar-refractivity contribution in [2.75, 3.05) is 26.1 Å². The van der Waals surface area contributed by atoms with Crippen molar-refractivity contribution in [2.24, 2.45) is 5.41 Å². The number of hydrogen-bond acceptors (Lipinski definition) is 5. The molecule has 1 atom stereocenters. The van der Waals surface area contributed by atoms with Gasteiger partial charge >= 0.3 is 0 Å². The number of ether oxygens (including phenoxy) is 1. The van der Waals surface area contributed by atoms with Crippen LogP contribution in [0.2, 0.25) is 0 Å². The number of pyridine rings is 1. The highest BCUT2D eigenvalue weighted by molar-refractivity contribution is 5.56. The standard InChI is InChI=1S/C22H35N5O/c1-16(28-6)7-9-20-24-21(17-8-10-19(23-15-17)26(4)5)25-27(20)18-11-13-22(2,3)14-12-18/h8,10,15-16,18H,7,9,11-14H2,1-6H3. The Balaban J connectivity index is 1.86. The van der Waals surface area contributed by atoms with Crippen LogP contribution in [0.3, 0.4) is 0 Å². The van der Waals surface area contributed by atoms with Crippen molar-refractivity contribution in [3.63, 3.8) is 0 Å². The third-order valence-electron chi connectivity index (χ3n) is 6.00. The zero-order chi connectivity index (χ0) is 20.3. The van der Waals surface area contributed by atoms with Gasteiger partial charge in [0.05, 0.1) is 12.1 Å². The maximum atomic E-state index is 5.44. The molecule has 0 aliphatic heterocycles. The van der Waals surface area contributed by atoms with E-state index in [1.165, 1.54) is 25.7 Å². The summed E-state index contributed by atoms with van der Waals surface area (Å²) in [5.74, 6) is 2.79. The molecule has 0 aromatic carbocycles. The zero-order valence-electron chi connectivity index (χ0n) is 18.3. The van der Waals surface area contributed by atoms with Gasteiger partial charge in [-0.15, -0.1) is 0 Å². The van der Waals surface area contributed by atoms with Crippen LogP contribution in [0.4, 0.5) is 5.82 Å². The third kappa shape index (κ3) is 4.90. The molecule has 1 aliphatic rings. The lowest BCUT2D eigenvalue weighted by Gasteiger charge is -2.34. The third-order valence-corrected chi connectivity index (χ3v) is 6.00. The molecule has 1 saturated carbocycles. The fourth-order valence-corrected chi connectivity index (χ4v) is 3.80. The van der Waals surface area contributed by atoms with Crippen molar-refractivity contribution in [3.05, 3.63) is 24.2 Å². The molecule has 0 saturated heterocycles. The molecule has 2 aromatic rings. The number of anilines is 1. The first kappa shape index (κ1) is 20.8. The van der Waals surface area contributed by atoms with Crippen LogP contribution in [0.25, 0.3) is 11.4 Å². The summed E-state index contributed by atoms with van der Waals surface area (Å²) in [6, 6.07) is 4.52. The normalized spacial score (nSPS) is 18.2. The number of methoxy groups -OCH3 is 1. The Kier molecular flexibility index (Phi) is 6.38. The molecule has 0 radical (unpaired) electrons. The van der Waals surface area contributed by atoms with Crippen molar-refractivity contribution in [2.45, 2.75) is 71.4 Å². The first-order chi connectivity index (χ1) is 13.3. The van der Waals surface area contributed by atoms with E-state index < -0.39 is 0 Å². The Morgan fingerprint density at radius 2 is 1.96 bits per heavy atom. The second kappa shape index (κ2) is 8.60. The second-order valence-corrected chi connectivity index (χ2v) is 9.08. The van der Waals surface area contributed by atoms with E-state index in [-0.39, 0.29) is 6.10 Å². The van der Waals surface area contributed by atoms with Gasteiger partial charge < -0.3 is 9.64 Å². The highest BCUT2D eigenvalue weighted by Gasteiger charge is 2.30. The number of hydrogen-bond donors (Lipinski definition) is 0. The molecule has 2 heterocycles. The number of aryl methyl sites for hydroxylation is 1. The fourth-order valence-electron chi connectivity index (χ4n) is 3.80. The molecular formula is C22H35N5O. The lowest BCUT2D eigenvalue weighted by Crippen LogP contribution is -2.25. The van der Waals surface area contributed by atoms with Crippen molar-refractivity contribution < 1.29 is 4.74 Å². The van der Waals surface area contributed by atoms with Crippen molar-refractivity contribution >= 4 is 5.82 Å². The van der Waals surface area contributed by atoms with Crippen LogP contribution in [0.15, 0.2) is 18.3 Å². The minimum atomic E-state index is 0.222. The summed E-state index contributed by atoms with van der Waals surface area (Å²) in [5, 5.41) is 4.94. The number of aromatic nitrogens is 4. The predicted molar refractivity (Wildman–Crippen MR) is 114 cm³/mol. The minimum Gasteiger partial charge on any atom is -0.382 e. The van der Waals surface area contributed by atoms with Gasteiger partial charge in [-0.2, -0.15) is 5.10 Å². The summed E-state index contributed by atoms with van der Waals surface area (Å²) in [6.07, 6.45) is 8.73. The molecular weight excluding hydrogens is 350 g/mol. The van der Waals surface area contributed by atoms with Crippen molar-refractivity contribution in [1.29, 1.82) is 0 Å². The average molecular weight is 386 g/mol. The van der Waals surface area contributed by atoms with E-state index in [9.17, 15) is 0 Å². The highest BCUT2D eigenvalue weighted by atomic mass is 16.5. The van der Waals surface area contributed by atoms with Gasteiger partial charge in [-0.1, -0.05) is 13.8 Å². The van der Waals surface area contributed by atoms with Gasteiger partial charge in [0.25, 0.3) is 0 Å². The molecule has 0 bridgehead atoms. The van der Waals surface area contributed by atoms with Gasteiger partial charge in [-0.25, -0.2) is 14.6 Å². The zero-order valence-corrected chi connectivity index (χ0v) is 18.3. The minimum absolute atomic E-state index is 0.222. The predicted octanol–water partition coefficient (Wildman–Crippen LogP) is 4.51. The van der Waals surface area contributed by atoms with Crippen molar-refractivity contribution in [3.8, 4) is 11.4 Å². The van der Waals surface area contributed by atoms with E-state index >= 15 is 0 Å². The molecule has 154 valence electrons. The van der Waals surface area contributed by atoms with Crippen LogP contribution < -0.4 is 4.90 Å². The second-order valence-electron chi connectivity index (χ2n) is 9.08. The van der Waals surface area contributed by atoms with Gasteiger partial charge in [0, 0.05) is 39.4 Å². The molecule has 6 heteroatoms. The summed E-state index contributed by atoms with van der Waals surface area (Å²) in [7, 11) is 5.76. The SMILES string of the molecule is COC(C)CCc1nc(-c2ccc(N(C)C)nc2)nn1C1CCC(C)(C)CC1. The number of nitrogens with zero attached hydrogens (tertiary/aromatic N) is 5. The summed E-state index contributed by atoms with van der Waals surface area (Å²) < 4.78 is 7.64. The molecule has 28 heavy (non-hydrogen) atoms. The summed E-state index contributed by atoms with van der Waals surface area (Å²) in [5.41, 5.74) is 1.41. The van der Waals surface area contributed by atoms with E-state index in [1.54, 1.807) is 7.11 Å². The molecule has 0 amide bonds. The van der Waals surface area contributed by atoms with Gasteiger partial charge in [0.2, 0.25) is 0 Å². The van der Waals surface area contributed by atoms with Crippen LogP contribution in [-0.4, -0.2) is 47.1 Å². The first-order valence-electron chi connectivity index (χ1n) is 10.4. The van der Waals surface area contributed by atoms with E-state index in [4.69, 9.17) is 14.8 Å². The van der Waals surface area contributed by atoms with Crippen LogP contribution in [0, 0.1) is 5.41 Å². The van der Waals surface area contributed by atoms with Crippen LogP contribution >= 0.6 is 0 Å². The van der Waals surface area contributed by atoms with Crippen LogP contribution in [0.5, 0.6) is 0 Å². The van der Waals surface area contributed by atoms with Crippen molar-refractivity contribution in [1.82, 2.24) is 19.7 Å². The molecule has 0 spiro atoms.